The van der Waals surface area contributed by atoms with Crippen LogP contribution in [0.3, 0.4) is 0 Å². The summed E-state index contributed by atoms with van der Waals surface area (Å²) < 4.78 is 26.3. The Labute approximate surface area is 191 Å². The van der Waals surface area contributed by atoms with E-state index in [-0.39, 0.29) is 35.4 Å². The predicted octanol–water partition coefficient (Wildman–Crippen LogP) is 3.43. The summed E-state index contributed by atoms with van der Waals surface area (Å²) in [6.07, 6.45) is 0. The molecule has 2 N–H and O–H groups in total. The van der Waals surface area contributed by atoms with E-state index in [2.05, 4.69) is 47.7 Å². The molecule has 0 aliphatic carbocycles. The molecule has 29 heavy (non-hydrogen) atoms. The molecule has 0 heterocycles. The molecule has 2 aromatic carbocycles. The van der Waals surface area contributed by atoms with Gasteiger partial charge in [0.2, 0.25) is 10.0 Å². The fourth-order valence-corrected chi connectivity index (χ4v) is 3.92. The number of hydrogen-bond donors (Lipinski definition) is 2. The molecule has 0 aromatic heterocycles. The third kappa shape index (κ3) is 6.97. The van der Waals surface area contributed by atoms with E-state index in [9.17, 15) is 8.42 Å². The van der Waals surface area contributed by atoms with Gasteiger partial charge in [0.25, 0.3) is 0 Å². The summed E-state index contributed by atoms with van der Waals surface area (Å²) in [7, 11) is -0.444. The number of aliphatic imine (C=N–C) groups is 1. The Hall–Kier alpha value is -1.65. The molecule has 160 valence electrons. The normalized spacial score (nSPS) is 11.9. The quantitative estimate of drug-likeness (QED) is 0.327. The SMILES string of the molecule is CCNC(=NCc1ccccc1S(=O)(=O)N(C)C)NCc1ccc(C)cc1C.I. The molecule has 8 heteroatoms. The summed E-state index contributed by atoms with van der Waals surface area (Å²) in [6, 6.07) is 13.3. The summed E-state index contributed by atoms with van der Waals surface area (Å²) in [5.41, 5.74) is 4.33. The highest BCUT2D eigenvalue weighted by Gasteiger charge is 2.20. The van der Waals surface area contributed by atoms with E-state index in [1.54, 1.807) is 18.2 Å². The fraction of sp³-hybridized carbons (Fsp3) is 0.381. The van der Waals surface area contributed by atoms with Crippen LogP contribution in [-0.2, 0) is 23.1 Å². The van der Waals surface area contributed by atoms with Crippen molar-refractivity contribution >= 4 is 40.0 Å². The topological polar surface area (TPSA) is 73.8 Å². The maximum atomic E-state index is 12.5. The Morgan fingerprint density at radius 3 is 2.34 bits per heavy atom. The zero-order chi connectivity index (χ0) is 20.7. The van der Waals surface area contributed by atoms with Crippen molar-refractivity contribution in [3.8, 4) is 0 Å². The second-order valence-electron chi connectivity index (χ2n) is 6.87. The molecule has 0 saturated heterocycles. The largest absolute Gasteiger partial charge is 0.357 e. The van der Waals surface area contributed by atoms with E-state index >= 15 is 0 Å². The van der Waals surface area contributed by atoms with Gasteiger partial charge in [0.15, 0.2) is 5.96 Å². The van der Waals surface area contributed by atoms with Crippen LogP contribution in [0.2, 0.25) is 0 Å². The third-order valence-corrected chi connectivity index (χ3v) is 6.34. The molecule has 0 bridgehead atoms. The van der Waals surface area contributed by atoms with Crippen molar-refractivity contribution in [2.75, 3.05) is 20.6 Å². The van der Waals surface area contributed by atoms with Gasteiger partial charge in [-0.2, -0.15) is 0 Å². The van der Waals surface area contributed by atoms with Crippen molar-refractivity contribution < 1.29 is 8.42 Å². The van der Waals surface area contributed by atoms with Crippen LogP contribution in [0.5, 0.6) is 0 Å². The lowest BCUT2D eigenvalue weighted by molar-refractivity contribution is 0.519. The van der Waals surface area contributed by atoms with E-state index in [0.29, 0.717) is 18.1 Å². The van der Waals surface area contributed by atoms with Gasteiger partial charge in [-0.15, -0.1) is 24.0 Å². The summed E-state index contributed by atoms with van der Waals surface area (Å²) in [4.78, 5) is 4.88. The highest BCUT2D eigenvalue weighted by molar-refractivity contribution is 14.0. The van der Waals surface area contributed by atoms with Gasteiger partial charge in [0.1, 0.15) is 0 Å². The van der Waals surface area contributed by atoms with Gasteiger partial charge >= 0.3 is 0 Å². The standard InChI is InChI=1S/C21H30N4O2S.HI/c1-6-22-21(23-14-18-12-11-16(2)13-17(18)3)24-15-19-9-7-8-10-20(19)28(26,27)25(4)5;/h7-13H,6,14-15H2,1-5H3,(H2,22,23,24);1H. The first-order valence-electron chi connectivity index (χ1n) is 9.34. The number of rotatable bonds is 7. The zero-order valence-corrected chi connectivity index (χ0v) is 20.8. The molecular weight excluding hydrogens is 499 g/mol. The first kappa shape index (κ1) is 25.4. The van der Waals surface area contributed by atoms with E-state index in [4.69, 9.17) is 0 Å². The molecule has 0 saturated carbocycles. The minimum Gasteiger partial charge on any atom is -0.357 e. The molecule has 0 unspecified atom stereocenters. The lowest BCUT2D eigenvalue weighted by Gasteiger charge is -2.15. The number of nitrogens with zero attached hydrogens (tertiary/aromatic N) is 2. The van der Waals surface area contributed by atoms with Gasteiger partial charge in [0.05, 0.1) is 11.4 Å². The lowest BCUT2D eigenvalue weighted by atomic mass is 10.1. The summed E-state index contributed by atoms with van der Waals surface area (Å²) in [5, 5.41) is 6.54. The molecule has 2 aromatic rings. The van der Waals surface area contributed by atoms with E-state index < -0.39 is 10.0 Å². The maximum Gasteiger partial charge on any atom is 0.242 e. The number of hydrogen-bond acceptors (Lipinski definition) is 3. The van der Waals surface area contributed by atoms with Crippen molar-refractivity contribution in [1.29, 1.82) is 0 Å². The van der Waals surface area contributed by atoms with Crippen LogP contribution in [0, 0.1) is 13.8 Å². The second kappa shape index (κ2) is 11.5. The lowest BCUT2D eigenvalue weighted by Crippen LogP contribution is -2.37. The zero-order valence-electron chi connectivity index (χ0n) is 17.7. The van der Waals surface area contributed by atoms with Crippen LogP contribution in [0.25, 0.3) is 0 Å². The Bertz CT molecular complexity index is 943. The fourth-order valence-electron chi connectivity index (χ4n) is 2.81. The number of halogens is 1. The molecule has 0 fully saturated rings. The van der Waals surface area contributed by atoms with Gasteiger partial charge in [0, 0.05) is 27.2 Å². The molecule has 0 amide bonds. The minimum absolute atomic E-state index is 0. The first-order chi connectivity index (χ1) is 13.3. The first-order valence-corrected chi connectivity index (χ1v) is 10.8. The summed E-state index contributed by atoms with van der Waals surface area (Å²) in [5.74, 6) is 0.652. The van der Waals surface area contributed by atoms with Crippen LogP contribution < -0.4 is 10.6 Å². The van der Waals surface area contributed by atoms with E-state index in [1.807, 2.05) is 13.0 Å². The number of guanidine groups is 1. The maximum absolute atomic E-state index is 12.5. The Balaban J connectivity index is 0.00000420. The average molecular weight is 530 g/mol. The van der Waals surface area contributed by atoms with Gasteiger partial charge in [-0.05, 0) is 43.5 Å². The minimum atomic E-state index is -3.51. The van der Waals surface area contributed by atoms with Gasteiger partial charge in [-0.25, -0.2) is 17.7 Å². The van der Waals surface area contributed by atoms with Gasteiger partial charge in [-0.1, -0.05) is 42.0 Å². The van der Waals surface area contributed by atoms with Crippen LogP contribution in [-0.4, -0.2) is 39.3 Å². The molecule has 0 radical (unpaired) electrons. The number of sulfonamides is 1. The Morgan fingerprint density at radius 1 is 1.03 bits per heavy atom. The monoisotopic (exact) mass is 530 g/mol. The molecular formula is C21H31IN4O2S. The number of benzene rings is 2. The molecule has 0 aliphatic rings. The molecule has 2 rings (SSSR count). The van der Waals surface area contributed by atoms with Crippen LogP contribution in [0.15, 0.2) is 52.4 Å². The van der Waals surface area contributed by atoms with Crippen molar-refractivity contribution in [1.82, 2.24) is 14.9 Å². The molecule has 0 spiro atoms. The van der Waals surface area contributed by atoms with Crippen LogP contribution in [0.1, 0.15) is 29.2 Å². The Morgan fingerprint density at radius 2 is 1.72 bits per heavy atom. The van der Waals surface area contributed by atoms with E-state index in [0.717, 1.165) is 6.54 Å². The van der Waals surface area contributed by atoms with Crippen molar-refractivity contribution in [3.63, 3.8) is 0 Å². The molecule has 0 aliphatic heterocycles. The Kier molecular flexibility index (Phi) is 10.1. The summed E-state index contributed by atoms with van der Waals surface area (Å²) >= 11 is 0. The van der Waals surface area contributed by atoms with Gasteiger partial charge in [-0.3, -0.25) is 0 Å². The third-order valence-electron chi connectivity index (χ3n) is 4.43. The number of aryl methyl sites for hydroxylation is 2. The highest BCUT2D eigenvalue weighted by Crippen LogP contribution is 2.19. The second-order valence-corrected chi connectivity index (χ2v) is 8.99. The van der Waals surface area contributed by atoms with Crippen molar-refractivity contribution in [2.45, 2.75) is 38.8 Å². The average Bonchev–Trinajstić information content (AvgIpc) is 2.65. The molecule has 0 atom stereocenters. The predicted molar refractivity (Wildman–Crippen MR) is 130 cm³/mol. The van der Waals surface area contributed by atoms with Crippen molar-refractivity contribution in [2.24, 2.45) is 4.99 Å². The summed E-state index contributed by atoms with van der Waals surface area (Å²) in [6.45, 7) is 7.81. The van der Waals surface area contributed by atoms with E-state index in [1.165, 1.54) is 35.1 Å². The van der Waals surface area contributed by atoms with Gasteiger partial charge < -0.3 is 10.6 Å². The smallest absolute Gasteiger partial charge is 0.242 e. The van der Waals surface area contributed by atoms with Crippen molar-refractivity contribution in [3.05, 3.63) is 64.7 Å². The van der Waals surface area contributed by atoms with Crippen LogP contribution in [0.4, 0.5) is 0 Å². The highest BCUT2D eigenvalue weighted by atomic mass is 127. The number of nitrogens with one attached hydrogen (secondary N) is 2. The van der Waals surface area contributed by atoms with Crippen LogP contribution >= 0.6 is 24.0 Å². The molecule has 6 nitrogen and oxygen atoms in total.